The van der Waals surface area contributed by atoms with Gasteiger partial charge in [-0.25, -0.2) is 9.18 Å². The molecule has 5 N–H and O–H groups in total. The van der Waals surface area contributed by atoms with Crippen LogP contribution in [0.3, 0.4) is 0 Å². The molecule has 18 heavy (non-hydrogen) atoms. The van der Waals surface area contributed by atoms with E-state index in [1.807, 2.05) is 0 Å². The molecule has 0 atom stereocenters. The fraction of sp³-hybridized carbons (Fsp3) is 0.364. The number of hydrogen-bond acceptors (Lipinski definition) is 5. The Morgan fingerprint density at radius 2 is 2.22 bits per heavy atom. The standard InChI is InChI=1S/C11H16FN3O3/c1-2-17-10-6-9(8(13)5-7(10)12)15-3-4-18-11(14)16/h5-6,15H,2-4,13H2,1H3,(H2,14,16). The Morgan fingerprint density at radius 3 is 2.83 bits per heavy atom. The van der Waals surface area contributed by atoms with Crippen molar-refractivity contribution in [3.63, 3.8) is 0 Å². The van der Waals surface area contributed by atoms with Crippen molar-refractivity contribution >= 4 is 17.5 Å². The van der Waals surface area contributed by atoms with Gasteiger partial charge in [0.15, 0.2) is 11.6 Å². The van der Waals surface area contributed by atoms with Crippen LogP contribution >= 0.6 is 0 Å². The number of rotatable bonds is 6. The van der Waals surface area contributed by atoms with E-state index in [1.54, 1.807) is 6.92 Å². The Bertz CT molecular complexity index is 426. The summed E-state index contributed by atoms with van der Waals surface area (Å²) in [6.45, 7) is 2.51. The number of nitrogens with one attached hydrogen (secondary N) is 1. The van der Waals surface area contributed by atoms with Gasteiger partial charge in [0, 0.05) is 18.7 Å². The minimum atomic E-state index is -0.848. The Balaban J connectivity index is 2.64. The number of carbonyl (C=O) groups is 1. The van der Waals surface area contributed by atoms with Gasteiger partial charge in [-0.15, -0.1) is 0 Å². The number of halogens is 1. The van der Waals surface area contributed by atoms with E-state index >= 15 is 0 Å². The first-order valence-corrected chi connectivity index (χ1v) is 5.42. The molecule has 0 saturated heterocycles. The van der Waals surface area contributed by atoms with E-state index < -0.39 is 11.9 Å². The highest BCUT2D eigenvalue weighted by Crippen LogP contribution is 2.28. The van der Waals surface area contributed by atoms with Crippen molar-refractivity contribution in [2.45, 2.75) is 6.92 Å². The minimum Gasteiger partial charge on any atom is -0.491 e. The van der Waals surface area contributed by atoms with Crippen LogP contribution in [0.1, 0.15) is 6.92 Å². The van der Waals surface area contributed by atoms with Gasteiger partial charge < -0.3 is 26.3 Å². The number of ether oxygens (including phenoxy) is 2. The Morgan fingerprint density at radius 1 is 1.50 bits per heavy atom. The number of nitrogens with two attached hydrogens (primary N) is 2. The molecule has 100 valence electrons. The van der Waals surface area contributed by atoms with Crippen LogP contribution in [0.2, 0.25) is 0 Å². The summed E-state index contributed by atoms with van der Waals surface area (Å²) in [5.41, 5.74) is 11.2. The van der Waals surface area contributed by atoms with Crippen LogP contribution in [-0.2, 0) is 4.74 Å². The average Bonchev–Trinajstić information content (AvgIpc) is 2.29. The van der Waals surface area contributed by atoms with E-state index in [0.717, 1.165) is 0 Å². The molecule has 1 amide bonds. The molecular formula is C11H16FN3O3. The summed E-state index contributed by atoms with van der Waals surface area (Å²) in [5.74, 6) is -0.404. The number of nitrogen functional groups attached to an aromatic ring is 1. The van der Waals surface area contributed by atoms with Gasteiger partial charge in [0.05, 0.1) is 18.0 Å². The van der Waals surface area contributed by atoms with Crippen molar-refractivity contribution in [2.24, 2.45) is 5.73 Å². The molecule has 0 radical (unpaired) electrons. The number of primary amides is 1. The van der Waals surface area contributed by atoms with Crippen molar-refractivity contribution < 1.29 is 18.7 Å². The van der Waals surface area contributed by atoms with E-state index in [4.69, 9.17) is 16.2 Å². The lowest BCUT2D eigenvalue weighted by Crippen LogP contribution is -2.18. The fourth-order valence-corrected chi connectivity index (χ4v) is 1.33. The molecule has 0 heterocycles. The molecule has 0 bridgehead atoms. The second-order valence-corrected chi connectivity index (χ2v) is 3.40. The number of carbonyl (C=O) groups excluding carboxylic acids is 1. The predicted molar refractivity (Wildman–Crippen MR) is 66.0 cm³/mol. The number of amides is 1. The zero-order chi connectivity index (χ0) is 13.5. The first-order chi connectivity index (χ1) is 8.54. The van der Waals surface area contributed by atoms with Gasteiger partial charge in [-0.1, -0.05) is 0 Å². The van der Waals surface area contributed by atoms with Crippen molar-refractivity contribution in [3.05, 3.63) is 17.9 Å². The Labute approximate surface area is 104 Å². The first-order valence-electron chi connectivity index (χ1n) is 5.42. The normalized spacial score (nSPS) is 9.89. The quantitative estimate of drug-likeness (QED) is 0.527. The van der Waals surface area contributed by atoms with Crippen LogP contribution in [0.4, 0.5) is 20.6 Å². The van der Waals surface area contributed by atoms with Crippen LogP contribution < -0.4 is 21.5 Å². The topological polar surface area (TPSA) is 99.6 Å². The molecule has 0 aliphatic rings. The van der Waals surface area contributed by atoms with Crippen LogP contribution in [0.25, 0.3) is 0 Å². The summed E-state index contributed by atoms with van der Waals surface area (Å²) in [7, 11) is 0. The monoisotopic (exact) mass is 257 g/mol. The molecule has 0 fully saturated rings. The number of benzene rings is 1. The van der Waals surface area contributed by atoms with Gasteiger partial charge in [0.25, 0.3) is 0 Å². The van der Waals surface area contributed by atoms with Crippen molar-refractivity contribution in [2.75, 3.05) is 30.8 Å². The Hall–Kier alpha value is -2.18. The van der Waals surface area contributed by atoms with Gasteiger partial charge in [-0.05, 0) is 6.92 Å². The van der Waals surface area contributed by atoms with Crippen molar-refractivity contribution in [1.82, 2.24) is 0 Å². The maximum atomic E-state index is 13.4. The van der Waals surface area contributed by atoms with Crippen LogP contribution in [0.5, 0.6) is 5.75 Å². The molecular weight excluding hydrogens is 241 g/mol. The van der Waals surface area contributed by atoms with Gasteiger partial charge >= 0.3 is 6.09 Å². The molecule has 6 nitrogen and oxygen atoms in total. The van der Waals surface area contributed by atoms with Gasteiger partial charge in [0.2, 0.25) is 0 Å². The molecule has 1 aromatic carbocycles. The zero-order valence-electron chi connectivity index (χ0n) is 10.0. The third-order valence-electron chi connectivity index (χ3n) is 2.07. The smallest absolute Gasteiger partial charge is 0.404 e. The highest BCUT2D eigenvalue weighted by Gasteiger charge is 2.08. The Kier molecular flexibility index (Phi) is 5.04. The van der Waals surface area contributed by atoms with E-state index in [9.17, 15) is 9.18 Å². The SMILES string of the molecule is CCOc1cc(NCCOC(N)=O)c(N)cc1F. The van der Waals surface area contributed by atoms with Gasteiger partial charge in [0.1, 0.15) is 6.61 Å². The molecule has 7 heteroatoms. The summed E-state index contributed by atoms with van der Waals surface area (Å²) >= 11 is 0. The summed E-state index contributed by atoms with van der Waals surface area (Å²) in [5, 5.41) is 2.89. The van der Waals surface area contributed by atoms with E-state index in [-0.39, 0.29) is 18.0 Å². The molecule has 0 aromatic heterocycles. The van der Waals surface area contributed by atoms with E-state index in [0.29, 0.717) is 18.8 Å². The molecule has 1 rings (SSSR count). The molecule has 0 aliphatic carbocycles. The highest BCUT2D eigenvalue weighted by molar-refractivity contribution is 5.68. The van der Waals surface area contributed by atoms with Crippen LogP contribution in [0, 0.1) is 5.82 Å². The fourth-order valence-electron chi connectivity index (χ4n) is 1.33. The number of hydrogen-bond donors (Lipinski definition) is 3. The van der Waals surface area contributed by atoms with E-state index in [2.05, 4.69) is 10.1 Å². The maximum absolute atomic E-state index is 13.4. The second kappa shape index (κ2) is 6.53. The first kappa shape index (κ1) is 13.9. The molecule has 0 saturated carbocycles. The largest absolute Gasteiger partial charge is 0.491 e. The minimum absolute atomic E-state index is 0.0934. The predicted octanol–water partition coefficient (Wildman–Crippen LogP) is 1.31. The van der Waals surface area contributed by atoms with Crippen molar-refractivity contribution in [3.8, 4) is 5.75 Å². The molecule has 0 unspecified atom stereocenters. The summed E-state index contributed by atoms with van der Waals surface area (Å²) in [6, 6.07) is 2.63. The lowest BCUT2D eigenvalue weighted by Gasteiger charge is -2.12. The third-order valence-corrected chi connectivity index (χ3v) is 2.07. The average molecular weight is 257 g/mol. The highest BCUT2D eigenvalue weighted by atomic mass is 19.1. The zero-order valence-corrected chi connectivity index (χ0v) is 10.0. The van der Waals surface area contributed by atoms with Gasteiger partial charge in [-0.2, -0.15) is 0 Å². The second-order valence-electron chi connectivity index (χ2n) is 3.40. The number of anilines is 2. The summed E-state index contributed by atoms with van der Waals surface area (Å²) in [6.07, 6.45) is -0.848. The molecule has 1 aromatic rings. The summed E-state index contributed by atoms with van der Waals surface area (Å²) < 4.78 is 23.0. The lowest BCUT2D eigenvalue weighted by atomic mass is 10.2. The maximum Gasteiger partial charge on any atom is 0.404 e. The van der Waals surface area contributed by atoms with Crippen molar-refractivity contribution in [1.29, 1.82) is 0 Å². The van der Waals surface area contributed by atoms with Crippen LogP contribution in [-0.4, -0.2) is 25.9 Å². The molecule has 0 aliphatic heterocycles. The van der Waals surface area contributed by atoms with E-state index in [1.165, 1.54) is 12.1 Å². The third kappa shape index (κ3) is 4.00. The lowest BCUT2D eigenvalue weighted by molar-refractivity contribution is 0.161. The van der Waals surface area contributed by atoms with Gasteiger partial charge in [-0.3, -0.25) is 0 Å². The van der Waals surface area contributed by atoms with Crippen LogP contribution in [0.15, 0.2) is 12.1 Å². The summed E-state index contributed by atoms with van der Waals surface area (Å²) in [4.78, 5) is 10.3. The molecule has 0 spiro atoms.